The van der Waals surface area contributed by atoms with Crippen molar-refractivity contribution in [2.45, 2.75) is 26.2 Å². The van der Waals surface area contributed by atoms with Gasteiger partial charge in [-0.25, -0.2) is 0 Å². The van der Waals surface area contributed by atoms with Crippen molar-refractivity contribution >= 4 is 11.6 Å². The lowest BCUT2D eigenvalue weighted by molar-refractivity contribution is 0.102. The van der Waals surface area contributed by atoms with E-state index in [1.54, 1.807) is 50.6 Å². The third-order valence-corrected chi connectivity index (χ3v) is 4.14. The van der Waals surface area contributed by atoms with Crippen LogP contribution in [-0.4, -0.2) is 30.3 Å². The average molecular weight is 381 g/mol. The number of aromatic nitrogens is 2. The van der Waals surface area contributed by atoms with Crippen LogP contribution >= 0.6 is 0 Å². The third kappa shape index (κ3) is 3.98. The van der Waals surface area contributed by atoms with Gasteiger partial charge in [0.15, 0.2) is 17.3 Å². The van der Waals surface area contributed by atoms with Crippen molar-refractivity contribution in [3.05, 3.63) is 53.9 Å². The topological polar surface area (TPSA) is 86.5 Å². The van der Waals surface area contributed by atoms with Gasteiger partial charge in [-0.2, -0.15) is 4.98 Å². The zero-order chi connectivity index (χ0) is 20.3. The molecule has 1 amide bonds. The zero-order valence-corrected chi connectivity index (χ0v) is 16.6. The molecule has 146 valence electrons. The normalized spacial score (nSPS) is 11.2. The van der Waals surface area contributed by atoms with E-state index in [4.69, 9.17) is 14.0 Å². The lowest BCUT2D eigenvalue weighted by atomic mass is 9.96. The SMILES string of the molecule is COc1ccc(NC(=O)c2ccccc2-c2nc(C(C)(C)C)no2)cc1OC. The number of carbonyl (C=O) groups excluding carboxylic acids is 1. The van der Waals surface area contributed by atoms with Gasteiger partial charge < -0.3 is 19.3 Å². The van der Waals surface area contributed by atoms with E-state index in [-0.39, 0.29) is 11.3 Å². The first-order chi connectivity index (χ1) is 13.3. The maximum Gasteiger partial charge on any atom is 0.258 e. The van der Waals surface area contributed by atoms with Crippen LogP contribution in [-0.2, 0) is 5.41 Å². The average Bonchev–Trinajstić information content (AvgIpc) is 3.18. The molecule has 0 radical (unpaired) electrons. The maximum absolute atomic E-state index is 12.9. The summed E-state index contributed by atoms with van der Waals surface area (Å²) in [5.41, 5.74) is 1.33. The fourth-order valence-corrected chi connectivity index (χ4v) is 2.62. The van der Waals surface area contributed by atoms with Gasteiger partial charge >= 0.3 is 0 Å². The fourth-order valence-electron chi connectivity index (χ4n) is 2.62. The number of benzene rings is 2. The van der Waals surface area contributed by atoms with Gasteiger partial charge in [-0.1, -0.05) is 38.1 Å². The number of anilines is 1. The summed E-state index contributed by atoms with van der Waals surface area (Å²) in [5.74, 6) is 1.71. The van der Waals surface area contributed by atoms with Crippen molar-refractivity contribution in [3.63, 3.8) is 0 Å². The van der Waals surface area contributed by atoms with E-state index >= 15 is 0 Å². The highest BCUT2D eigenvalue weighted by Gasteiger charge is 2.23. The van der Waals surface area contributed by atoms with E-state index in [0.717, 1.165) is 0 Å². The molecular weight excluding hydrogens is 358 g/mol. The summed E-state index contributed by atoms with van der Waals surface area (Å²) in [6.45, 7) is 5.99. The molecule has 0 aliphatic carbocycles. The molecule has 7 nitrogen and oxygen atoms in total. The molecule has 0 fully saturated rings. The van der Waals surface area contributed by atoms with Crippen LogP contribution in [0.4, 0.5) is 5.69 Å². The first-order valence-corrected chi connectivity index (χ1v) is 8.80. The molecule has 0 aliphatic rings. The molecule has 1 heterocycles. The Morgan fingerprint density at radius 3 is 2.39 bits per heavy atom. The van der Waals surface area contributed by atoms with Crippen LogP contribution in [0.1, 0.15) is 37.0 Å². The standard InChI is InChI=1S/C21H23N3O4/c1-21(2,3)20-23-19(28-24-20)15-9-7-6-8-14(15)18(25)22-13-10-11-16(26-4)17(12-13)27-5/h6-12H,1-5H3,(H,22,25). The predicted octanol–water partition coefficient (Wildman–Crippen LogP) is 4.30. The smallest absolute Gasteiger partial charge is 0.258 e. The maximum atomic E-state index is 12.9. The van der Waals surface area contributed by atoms with E-state index < -0.39 is 0 Å². The van der Waals surface area contributed by atoms with Crippen LogP contribution in [0.15, 0.2) is 47.0 Å². The van der Waals surface area contributed by atoms with Gasteiger partial charge in [0.1, 0.15) is 0 Å². The second kappa shape index (κ2) is 7.72. The summed E-state index contributed by atoms with van der Waals surface area (Å²) in [6.07, 6.45) is 0. The third-order valence-electron chi connectivity index (χ3n) is 4.14. The summed E-state index contributed by atoms with van der Waals surface area (Å²) < 4.78 is 15.9. The number of rotatable bonds is 5. The van der Waals surface area contributed by atoms with Crippen molar-refractivity contribution in [2.75, 3.05) is 19.5 Å². The molecule has 2 aromatic carbocycles. The highest BCUT2D eigenvalue weighted by atomic mass is 16.5. The minimum Gasteiger partial charge on any atom is -0.493 e. The number of carbonyl (C=O) groups is 1. The number of hydrogen-bond acceptors (Lipinski definition) is 6. The Balaban J connectivity index is 1.90. The van der Waals surface area contributed by atoms with Crippen LogP contribution in [0.3, 0.4) is 0 Å². The van der Waals surface area contributed by atoms with Crippen molar-refractivity contribution < 1.29 is 18.8 Å². The van der Waals surface area contributed by atoms with E-state index in [1.807, 2.05) is 26.8 Å². The van der Waals surface area contributed by atoms with Crippen LogP contribution in [0, 0.1) is 0 Å². The Labute approximate surface area is 163 Å². The van der Waals surface area contributed by atoms with Crippen LogP contribution < -0.4 is 14.8 Å². The molecule has 3 aromatic rings. The van der Waals surface area contributed by atoms with E-state index in [2.05, 4.69) is 15.5 Å². The van der Waals surface area contributed by atoms with Crippen molar-refractivity contribution in [1.82, 2.24) is 10.1 Å². The fraction of sp³-hybridized carbons (Fsp3) is 0.286. The van der Waals surface area contributed by atoms with Gasteiger partial charge in [-0.3, -0.25) is 4.79 Å². The van der Waals surface area contributed by atoms with E-state index in [0.29, 0.717) is 40.0 Å². The molecule has 1 N–H and O–H groups in total. The molecule has 1 aromatic heterocycles. The minimum absolute atomic E-state index is 0.251. The Kier molecular flexibility index (Phi) is 5.35. The van der Waals surface area contributed by atoms with Crippen LogP contribution in [0.25, 0.3) is 11.5 Å². The number of ether oxygens (including phenoxy) is 2. The van der Waals surface area contributed by atoms with Gasteiger partial charge in [0, 0.05) is 17.2 Å². The number of nitrogens with zero attached hydrogens (tertiary/aromatic N) is 2. The van der Waals surface area contributed by atoms with Gasteiger partial charge in [-0.05, 0) is 24.3 Å². The first kappa shape index (κ1) is 19.4. The molecule has 3 rings (SSSR count). The first-order valence-electron chi connectivity index (χ1n) is 8.80. The molecule has 0 bridgehead atoms. The largest absolute Gasteiger partial charge is 0.493 e. The molecule has 0 unspecified atom stereocenters. The lowest BCUT2D eigenvalue weighted by Crippen LogP contribution is -2.14. The Morgan fingerprint density at radius 1 is 1.04 bits per heavy atom. The summed E-state index contributed by atoms with van der Waals surface area (Å²) in [4.78, 5) is 17.4. The Bertz CT molecular complexity index is 989. The summed E-state index contributed by atoms with van der Waals surface area (Å²) >= 11 is 0. The number of methoxy groups -OCH3 is 2. The molecule has 0 spiro atoms. The molecule has 28 heavy (non-hydrogen) atoms. The molecule has 0 saturated carbocycles. The molecule has 0 atom stereocenters. The van der Waals surface area contributed by atoms with Crippen molar-refractivity contribution in [1.29, 1.82) is 0 Å². The minimum atomic E-state index is -0.293. The summed E-state index contributed by atoms with van der Waals surface area (Å²) in [6, 6.07) is 12.3. The highest BCUT2D eigenvalue weighted by molar-refractivity contribution is 6.08. The quantitative estimate of drug-likeness (QED) is 0.709. The van der Waals surface area contributed by atoms with Gasteiger partial charge in [0.05, 0.1) is 25.3 Å². The molecule has 7 heteroatoms. The Morgan fingerprint density at radius 2 is 1.75 bits per heavy atom. The number of nitrogens with one attached hydrogen (secondary N) is 1. The molecular formula is C21H23N3O4. The molecule has 0 saturated heterocycles. The zero-order valence-electron chi connectivity index (χ0n) is 16.6. The monoisotopic (exact) mass is 381 g/mol. The van der Waals surface area contributed by atoms with Gasteiger partial charge in [0.25, 0.3) is 11.8 Å². The number of amides is 1. The second-order valence-electron chi connectivity index (χ2n) is 7.24. The predicted molar refractivity (Wildman–Crippen MR) is 106 cm³/mol. The van der Waals surface area contributed by atoms with E-state index in [9.17, 15) is 4.79 Å². The van der Waals surface area contributed by atoms with Crippen LogP contribution in [0.5, 0.6) is 11.5 Å². The van der Waals surface area contributed by atoms with Gasteiger partial charge in [0.2, 0.25) is 0 Å². The second-order valence-corrected chi connectivity index (χ2v) is 7.24. The van der Waals surface area contributed by atoms with Gasteiger partial charge in [-0.15, -0.1) is 0 Å². The molecule has 0 aliphatic heterocycles. The lowest BCUT2D eigenvalue weighted by Gasteiger charge is -2.12. The Hall–Kier alpha value is -3.35. The van der Waals surface area contributed by atoms with Crippen molar-refractivity contribution in [3.8, 4) is 23.0 Å². The van der Waals surface area contributed by atoms with Crippen molar-refractivity contribution in [2.24, 2.45) is 0 Å². The summed E-state index contributed by atoms with van der Waals surface area (Å²) in [7, 11) is 3.10. The number of hydrogen-bond donors (Lipinski definition) is 1. The van der Waals surface area contributed by atoms with Crippen LogP contribution in [0.2, 0.25) is 0 Å². The van der Waals surface area contributed by atoms with E-state index in [1.165, 1.54) is 0 Å². The summed E-state index contributed by atoms with van der Waals surface area (Å²) in [5, 5.41) is 6.91. The highest BCUT2D eigenvalue weighted by Crippen LogP contribution is 2.31.